The molecule has 2 aromatic carbocycles. The minimum Gasteiger partial charge on any atom is -0.493 e. The van der Waals surface area contributed by atoms with E-state index >= 15 is 0 Å². The van der Waals surface area contributed by atoms with Gasteiger partial charge in [0.1, 0.15) is 0 Å². The highest BCUT2D eigenvalue weighted by Gasteiger charge is 2.15. The summed E-state index contributed by atoms with van der Waals surface area (Å²) in [4.78, 5) is 14.4. The van der Waals surface area contributed by atoms with Gasteiger partial charge in [0.25, 0.3) is 0 Å². The maximum Gasteiger partial charge on any atom is 0.243 e. The SMILES string of the molecule is COc1cc(NC(=O)CN(C)c2cccc(C(C)C)c2)cc(OC)c1OC. The lowest BCUT2D eigenvalue weighted by Crippen LogP contribution is -2.30. The zero-order valence-electron chi connectivity index (χ0n) is 16.8. The van der Waals surface area contributed by atoms with E-state index in [9.17, 15) is 4.79 Å². The highest BCUT2D eigenvalue weighted by atomic mass is 16.5. The standard InChI is InChI=1S/C21H28N2O4/c1-14(2)15-8-7-9-17(10-15)23(3)13-20(24)22-16-11-18(25-4)21(27-6)19(12-16)26-5/h7-12,14H,13H2,1-6H3,(H,22,24). The number of hydrogen-bond donors (Lipinski definition) is 1. The van der Waals surface area contributed by atoms with Crippen molar-refractivity contribution in [3.63, 3.8) is 0 Å². The normalized spacial score (nSPS) is 10.5. The number of nitrogens with zero attached hydrogens (tertiary/aromatic N) is 1. The highest BCUT2D eigenvalue weighted by molar-refractivity contribution is 5.94. The summed E-state index contributed by atoms with van der Waals surface area (Å²) in [6.07, 6.45) is 0. The fraction of sp³-hybridized carbons (Fsp3) is 0.381. The van der Waals surface area contributed by atoms with Crippen LogP contribution in [0.25, 0.3) is 0 Å². The van der Waals surface area contributed by atoms with E-state index in [4.69, 9.17) is 14.2 Å². The molecule has 0 aliphatic carbocycles. The molecular weight excluding hydrogens is 344 g/mol. The molecular formula is C21H28N2O4. The van der Waals surface area contributed by atoms with Gasteiger partial charge in [-0.2, -0.15) is 0 Å². The predicted octanol–water partition coefficient (Wildman–Crippen LogP) is 3.91. The number of benzene rings is 2. The van der Waals surface area contributed by atoms with E-state index in [1.807, 2.05) is 24.1 Å². The molecule has 0 bridgehead atoms. The third kappa shape index (κ3) is 5.06. The largest absolute Gasteiger partial charge is 0.493 e. The van der Waals surface area contributed by atoms with Gasteiger partial charge in [0.05, 0.1) is 27.9 Å². The molecule has 6 heteroatoms. The molecule has 146 valence electrons. The molecule has 0 unspecified atom stereocenters. The quantitative estimate of drug-likeness (QED) is 0.761. The molecule has 0 aliphatic heterocycles. The van der Waals surface area contributed by atoms with Crippen LogP contribution in [-0.4, -0.2) is 40.8 Å². The maximum absolute atomic E-state index is 12.5. The molecule has 0 saturated heterocycles. The van der Waals surface area contributed by atoms with Crippen LogP contribution in [0.1, 0.15) is 25.3 Å². The number of carbonyl (C=O) groups excluding carboxylic acids is 1. The van der Waals surface area contributed by atoms with Gasteiger partial charge in [-0.1, -0.05) is 26.0 Å². The van der Waals surface area contributed by atoms with E-state index in [1.165, 1.54) is 5.56 Å². The Bertz CT molecular complexity index is 764. The number of likely N-dealkylation sites (N-methyl/N-ethyl adjacent to an activating group) is 1. The van der Waals surface area contributed by atoms with Gasteiger partial charge in [-0.3, -0.25) is 4.79 Å². The Morgan fingerprint density at radius 2 is 1.67 bits per heavy atom. The number of anilines is 2. The molecule has 2 rings (SSSR count). The van der Waals surface area contributed by atoms with Crippen molar-refractivity contribution in [3.8, 4) is 17.2 Å². The summed E-state index contributed by atoms with van der Waals surface area (Å²) >= 11 is 0. The topological polar surface area (TPSA) is 60.0 Å². The van der Waals surface area contributed by atoms with Gasteiger partial charge in [0, 0.05) is 30.6 Å². The van der Waals surface area contributed by atoms with Crippen LogP contribution in [0.15, 0.2) is 36.4 Å². The summed E-state index contributed by atoms with van der Waals surface area (Å²) in [7, 11) is 6.52. The molecule has 0 radical (unpaired) electrons. The zero-order valence-corrected chi connectivity index (χ0v) is 16.8. The Balaban J connectivity index is 2.12. The fourth-order valence-corrected chi connectivity index (χ4v) is 2.78. The first kappa shape index (κ1) is 20.4. The zero-order chi connectivity index (χ0) is 20.0. The second-order valence-electron chi connectivity index (χ2n) is 6.57. The molecule has 0 aromatic heterocycles. The molecule has 0 atom stereocenters. The number of rotatable bonds is 8. The van der Waals surface area contributed by atoms with Gasteiger partial charge in [0.15, 0.2) is 11.5 Å². The van der Waals surface area contributed by atoms with Crippen molar-refractivity contribution in [2.45, 2.75) is 19.8 Å². The van der Waals surface area contributed by atoms with Crippen LogP contribution >= 0.6 is 0 Å². The first-order valence-electron chi connectivity index (χ1n) is 8.80. The van der Waals surface area contributed by atoms with Crippen molar-refractivity contribution in [3.05, 3.63) is 42.0 Å². The lowest BCUT2D eigenvalue weighted by molar-refractivity contribution is -0.114. The van der Waals surface area contributed by atoms with E-state index in [1.54, 1.807) is 33.5 Å². The molecule has 1 N–H and O–H groups in total. The summed E-state index contributed by atoms with van der Waals surface area (Å²) < 4.78 is 15.9. The van der Waals surface area contributed by atoms with Crippen LogP contribution in [0.2, 0.25) is 0 Å². The van der Waals surface area contributed by atoms with Gasteiger partial charge in [-0.25, -0.2) is 0 Å². The minimum absolute atomic E-state index is 0.137. The number of hydrogen-bond acceptors (Lipinski definition) is 5. The fourth-order valence-electron chi connectivity index (χ4n) is 2.78. The van der Waals surface area contributed by atoms with Crippen LogP contribution in [0.4, 0.5) is 11.4 Å². The minimum atomic E-state index is -0.137. The van der Waals surface area contributed by atoms with Crippen molar-refractivity contribution in [1.82, 2.24) is 0 Å². The second-order valence-corrected chi connectivity index (χ2v) is 6.57. The molecule has 0 saturated carbocycles. The number of methoxy groups -OCH3 is 3. The second kappa shape index (κ2) is 9.16. The first-order chi connectivity index (χ1) is 12.9. The number of ether oxygens (including phenoxy) is 3. The van der Waals surface area contributed by atoms with Crippen molar-refractivity contribution in [1.29, 1.82) is 0 Å². The van der Waals surface area contributed by atoms with E-state index < -0.39 is 0 Å². The number of carbonyl (C=O) groups is 1. The molecule has 27 heavy (non-hydrogen) atoms. The number of amides is 1. The smallest absolute Gasteiger partial charge is 0.243 e. The first-order valence-corrected chi connectivity index (χ1v) is 8.80. The summed E-state index contributed by atoms with van der Waals surface area (Å²) in [5.41, 5.74) is 2.82. The van der Waals surface area contributed by atoms with Crippen molar-refractivity contribution in [2.75, 3.05) is 45.1 Å². The van der Waals surface area contributed by atoms with Crippen molar-refractivity contribution >= 4 is 17.3 Å². The Morgan fingerprint density at radius 3 is 2.19 bits per heavy atom. The Labute approximate surface area is 161 Å². The van der Waals surface area contributed by atoms with Crippen LogP contribution in [0.3, 0.4) is 0 Å². The van der Waals surface area contributed by atoms with Crippen LogP contribution in [0.5, 0.6) is 17.2 Å². The van der Waals surface area contributed by atoms with Gasteiger partial charge in [0.2, 0.25) is 11.7 Å². The monoisotopic (exact) mass is 372 g/mol. The van der Waals surface area contributed by atoms with Gasteiger partial charge >= 0.3 is 0 Å². The lowest BCUT2D eigenvalue weighted by Gasteiger charge is -2.21. The summed E-state index contributed by atoms with van der Waals surface area (Å²) in [6.45, 7) is 4.52. The van der Waals surface area contributed by atoms with Crippen LogP contribution in [-0.2, 0) is 4.79 Å². The molecule has 1 amide bonds. The maximum atomic E-state index is 12.5. The molecule has 0 aliphatic rings. The van der Waals surface area contributed by atoms with Gasteiger partial charge in [-0.05, 0) is 23.6 Å². The average molecular weight is 372 g/mol. The average Bonchev–Trinajstić information content (AvgIpc) is 2.66. The van der Waals surface area contributed by atoms with Crippen molar-refractivity contribution in [2.24, 2.45) is 0 Å². The lowest BCUT2D eigenvalue weighted by atomic mass is 10.0. The summed E-state index contributed by atoms with van der Waals surface area (Å²) in [5.74, 6) is 1.77. The predicted molar refractivity (Wildman–Crippen MR) is 109 cm³/mol. The Kier molecular flexibility index (Phi) is 6.93. The molecule has 0 spiro atoms. The van der Waals surface area contributed by atoms with Crippen LogP contribution in [0, 0.1) is 0 Å². The Morgan fingerprint density at radius 1 is 1.04 bits per heavy atom. The van der Waals surface area contributed by atoms with Gasteiger partial charge < -0.3 is 24.4 Å². The molecule has 2 aromatic rings. The van der Waals surface area contributed by atoms with E-state index in [2.05, 4.69) is 31.3 Å². The van der Waals surface area contributed by atoms with E-state index in [0.717, 1.165) is 5.69 Å². The van der Waals surface area contributed by atoms with Gasteiger partial charge in [-0.15, -0.1) is 0 Å². The third-order valence-electron chi connectivity index (χ3n) is 4.31. The summed E-state index contributed by atoms with van der Waals surface area (Å²) in [6, 6.07) is 11.6. The van der Waals surface area contributed by atoms with Crippen LogP contribution < -0.4 is 24.4 Å². The molecule has 6 nitrogen and oxygen atoms in total. The Hall–Kier alpha value is -2.89. The molecule has 0 fully saturated rings. The van der Waals surface area contributed by atoms with E-state index in [-0.39, 0.29) is 12.5 Å². The van der Waals surface area contributed by atoms with Crippen molar-refractivity contribution < 1.29 is 19.0 Å². The molecule has 0 heterocycles. The van der Waals surface area contributed by atoms with E-state index in [0.29, 0.717) is 28.9 Å². The number of nitrogens with one attached hydrogen (secondary N) is 1. The summed E-state index contributed by atoms with van der Waals surface area (Å²) in [5, 5.41) is 2.88. The highest BCUT2D eigenvalue weighted by Crippen LogP contribution is 2.39. The third-order valence-corrected chi connectivity index (χ3v) is 4.31.